The Labute approximate surface area is 258 Å². The van der Waals surface area contributed by atoms with E-state index in [1.807, 2.05) is 57.5 Å². The molecule has 1 saturated heterocycles. The molecule has 2 atom stereocenters. The second-order valence-corrected chi connectivity index (χ2v) is 11.1. The summed E-state index contributed by atoms with van der Waals surface area (Å²) in [5.41, 5.74) is 3.73. The molecule has 3 heterocycles. The topological polar surface area (TPSA) is 122 Å². The van der Waals surface area contributed by atoms with Crippen molar-refractivity contribution in [2.75, 3.05) is 85.4 Å². The molecule has 0 bridgehead atoms. The molecule has 0 saturated carbocycles. The SMILES string of the molecule is CNCC(COc1cc2nc(NC)cc(C)c2cc1OC)c1cc(NC)nc2cc(OC[C@H](O)CN3CCC3)c(OC)cc12. The van der Waals surface area contributed by atoms with Gasteiger partial charge in [0.05, 0.1) is 31.9 Å². The first kappa shape index (κ1) is 31.4. The van der Waals surface area contributed by atoms with Crippen LogP contribution in [0.15, 0.2) is 36.4 Å². The number of benzene rings is 2. The molecule has 2 aromatic heterocycles. The van der Waals surface area contributed by atoms with Crippen LogP contribution in [-0.2, 0) is 0 Å². The van der Waals surface area contributed by atoms with Gasteiger partial charge in [-0.2, -0.15) is 0 Å². The third-order valence-corrected chi connectivity index (χ3v) is 8.12. The third-order valence-electron chi connectivity index (χ3n) is 8.12. The van der Waals surface area contributed by atoms with E-state index in [0.717, 1.165) is 57.7 Å². The van der Waals surface area contributed by atoms with Crippen molar-refractivity contribution < 1.29 is 24.1 Å². The number of likely N-dealkylation sites (N-methyl/N-ethyl adjacent to an activating group) is 1. The van der Waals surface area contributed by atoms with Crippen molar-refractivity contribution in [2.24, 2.45) is 0 Å². The summed E-state index contributed by atoms with van der Waals surface area (Å²) in [6, 6.07) is 11.8. The van der Waals surface area contributed by atoms with Crippen LogP contribution in [-0.4, -0.2) is 101 Å². The number of likely N-dealkylation sites (tertiary alicyclic amines) is 1. The molecular formula is C33H44N6O5. The van der Waals surface area contributed by atoms with Crippen LogP contribution in [0.3, 0.4) is 0 Å². The number of ether oxygens (including phenoxy) is 4. The lowest BCUT2D eigenvalue weighted by Gasteiger charge is -2.32. The van der Waals surface area contributed by atoms with Gasteiger partial charge < -0.3 is 44.9 Å². The van der Waals surface area contributed by atoms with Gasteiger partial charge in [0.2, 0.25) is 0 Å². The van der Waals surface area contributed by atoms with Crippen molar-refractivity contribution in [3.05, 3.63) is 47.5 Å². The predicted octanol–water partition coefficient (Wildman–Crippen LogP) is 4.02. The smallest absolute Gasteiger partial charge is 0.163 e. The largest absolute Gasteiger partial charge is 0.493 e. The number of nitrogens with zero attached hydrogens (tertiary/aromatic N) is 3. The number of pyridine rings is 2. The summed E-state index contributed by atoms with van der Waals surface area (Å²) in [6.07, 6.45) is 0.591. The zero-order chi connectivity index (χ0) is 31.2. The molecule has 44 heavy (non-hydrogen) atoms. The fourth-order valence-electron chi connectivity index (χ4n) is 5.60. The first-order valence-corrected chi connectivity index (χ1v) is 15.1. The van der Waals surface area contributed by atoms with E-state index in [2.05, 4.69) is 27.8 Å². The summed E-state index contributed by atoms with van der Waals surface area (Å²) in [6.45, 7) is 5.90. The Morgan fingerprint density at radius 2 is 1.39 bits per heavy atom. The van der Waals surface area contributed by atoms with Crippen molar-refractivity contribution in [3.8, 4) is 23.0 Å². The Morgan fingerprint density at radius 1 is 0.795 bits per heavy atom. The van der Waals surface area contributed by atoms with Crippen LogP contribution in [0.25, 0.3) is 21.8 Å². The molecule has 1 aliphatic heterocycles. The minimum absolute atomic E-state index is 0.0498. The van der Waals surface area contributed by atoms with Gasteiger partial charge in [0.15, 0.2) is 23.0 Å². The minimum atomic E-state index is -0.587. The Hall–Kier alpha value is -4.06. The number of aryl methyl sites for hydroxylation is 1. The molecule has 1 unspecified atom stereocenters. The fourth-order valence-corrected chi connectivity index (χ4v) is 5.60. The van der Waals surface area contributed by atoms with Gasteiger partial charge in [-0.15, -0.1) is 0 Å². The molecule has 4 N–H and O–H groups in total. The molecule has 11 heteroatoms. The molecule has 5 rings (SSSR count). The van der Waals surface area contributed by atoms with Crippen molar-refractivity contribution >= 4 is 33.4 Å². The highest BCUT2D eigenvalue weighted by molar-refractivity contribution is 5.88. The monoisotopic (exact) mass is 604 g/mol. The van der Waals surface area contributed by atoms with Crippen LogP contribution in [0.2, 0.25) is 0 Å². The summed E-state index contributed by atoms with van der Waals surface area (Å²) < 4.78 is 24.0. The highest BCUT2D eigenvalue weighted by Gasteiger charge is 2.22. The van der Waals surface area contributed by atoms with E-state index in [0.29, 0.717) is 42.7 Å². The quantitative estimate of drug-likeness (QED) is 0.157. The maximum absolute atomic E-state index is 10.5. The van der Waals surface area contributed by atoms with Gasteiger partial charge >= 0.3 is 0 Å². The summed E-state index contributed by atoms with van der Waals surface area (Å²) in [4.78, 5) is 11.8. The van der Waals surface area contributed by atoms with E-state index in [9.17, 15) is 5.11 Å². The molecule has 11 nitrogen and oxygen atoms in total. The van der Waals surface area contributed by atoms with Crippen LogP contribution in [0.1, 0.15) is 23.5 Å². The molecular weight excluding hydrogens is 560 g/mol. The highest BCUT2D eigenvalue weighted by Crippen LogP contribution is 2.38. The van der Waals surface area contributed by atoms with Crippen LogP contribution in [0.4, 0.5) is 11.6 Å². The van der Waals surface area contributed by atoms with E-state index in [1.165, 1.54) is 6.42 Å². The Balaban J connectivity index is 1.45. The number of methoxy groups -OCH3 is 2. The zero-order valence-corrected chi connectivity index (χ0v) is 26.5. The summed E-state index contributed by atoms with van der Waals surface area (Å²) >= 11 is 0. The Morgan fingerprint density at radius 3 is 1.95 bits per heavy atom. The number of aliphatic hydroxyl groups excluding tert-OH is 1. The average molecular weight is 605 g/mol. The number of rotatable bonds is 15. The third kappa shape index (κ3) is 6.85. The molecule has 0 amide bonds. The normalized spacial score (nSPS) is 14.6. The maximum Gasteiger partial charge on any atom is 0.163 e. The second kappa shape index (κ2) is 14.1. The van der Waals surface area contributed by atoms with Crippen LogP contribution in [0.5, 0.6) is 23.0 Å². The van der Waals surface area contributed by atoms with E-state index in [1.54, 1.807) is 14.2 Å². The van der Waals surface area contributed by atoms with Gasteiger partial charge in [0.25, 0.3) is 0 Å². The van der Waals surface area contributed by atoms with E-state index in [4.69, 9.17) is 28.9 Å². The first-order valence-electron chi connectivity index (χ1n) is 15.1. The Kier molecular flexibility index (Phi) is 10.1. The molecule has 0 spiro atoms. The zero-order valence-electron chi connectivity index (χ0n) is 26.5. The number of hydrogen-bond donors (Lipinski definition) is 4. The van der Waals surface area contributed by atoms with Crippen LogP contribution >= 0.6 is 0 Å². The van der Waals surface area contributed by atoms with Gasteiger partial charge in [-0.05, 0) is 68.9 Å². The van der Waals surface area contributed by atoms with E-state index in [-0.39, 0.29) is 12.5 Å². The number of aliphatic hydroxyl groups is 1. The van der Waals surface area contributed by atoms with Gasteiger partial charge in [-0.25, -0.2) is 9.97 Å². The van der Waals surface area contributed by atoms with Crippen molar-refractivity contribution in [3.63, 3.8) is 0 Å². The van der Waals surface area contributed by atoms with Crippen LogP contribution in [0, 0.1) is 6.92 Å². The summed E-state index contributed by atoms with van der Waals surface area (Å²) in [5.74, 6) is 3.87. The molecule has 0 aliphatic carbocycles. The fraction of sp³-hybridized carbons (Fsp3) is 0.455. The number of hydrogen-bond acceptors (Lipinski definition) is 11. The van der Waals surface area contributed by atoms with Gasteiger partial charge in [-0.1, -0.05) is 0 Å². The van der Waals surface area contributed by atoms with Crippen molar-refractivity contribution in [1.82, 2.24) is 20.2 Å². The number of fused-ring (bicyclic) bond motifs is 2. The number of nitrogens with one attached hydrogen (secondary N) is 3. The molecule has 0 radical (unpaired) electrons. The molecule has 236 valence electrons. The van der Waals surface area contributed by atoms with E-state index >= 15 is 0 Å². The Bertz CT molecular complexity index is 1600. The molecule has 4 aromatic rings. The lowest BCUT2D eigenvalue weighted by atomic mass is 9.95. The summed E-state index contributed by atoms with van der Waals surface area (Å²) in [5, 5.41) is 22.1. The second-order valence-electron chi connectivity index (χ2n) is 11.1. The maximum atomic E-state index is 10.5. The molecule has 1 aliphatic rings. The lowest BCUT2D eigenvalue weighted by Crippen LogP contribution is -2.43. The first-order chi connectivity index (χ1) is 21.4. The number of aromatic nitrogens is 2. The predicted molar refractivity (Wildman–Crippen MR) is 175 cm³/mol. The lowest BCUT2D eigenvalue weighted by molar-refractivity contribution is 0.0460. The van der Waals surface area contributed by atoms with Crippen molar-refractivity contribution in [1.29, 1.82) is 0 Å². The van der Waals surface area contributed by atoms with Crippen molar-refractivity contribution in [2.45, 2.75) is 25.4 Å². The van der Waals surface area contributed by atoms with Gasteiger partial charge in [0.1, 0.15) is 24.3 Å². The summed E-state index contributed by atoms with van der Waals surface area (Å²) in [7, 11) is 8.90. The number of β-amino-alcohol motifs (C(OH)–C–C–N with tert-alkyl or cyclic N) is 1. The number of anilines is 2. The standard InChI is InChI=1S/C33H44N6O5/c1-20-10-32(35-3)37-26-14-30(28(41-5)11-23(20)26)43-18-21(16-34-2)24-13-33(36-4)38-27-15-31(29(42-6)12-25(24)27)44-19-22(40)17-39-8-7-9-39/h10-15,21-22,34,40H,7-9,16-19H2,1-6H3,(H,35,37)(H,36,38)/t21?,22-/m1/s1. The average Bonchev–Trinajstić information content (AvgIpc) is 3.02. The van der Waals surface area contributed by atoms with E-state index < -0.39 is 6.10 Å². The minimum Gasteiger partial charge on any atom is -0.493 e. The van der Waals surface area contributed by atoms with Crippen LogP contribution < -0.4 is 34.9 Å². The van der Waals surface area contributed by atoms with Gasteiger partial charge in [-0.3, -0.25) is 0 Å². The molecule has 2 aromatic carbocycles. The highest BCUT2D eigenvalue weighted by atomic mass is 16.5. The molecule has 1 fully saturated rings. The van der Waals surface area contributed by atoms with Gasteiger partial charge in [0, 0.05) is 56.0 Å².